The van der Waals surface area contributed by atoms with Gasteiger partial charge in [0.1, 0.15) is 0 Å². The summed E-state index contributed by atoms with van der Waals surface area (Å²) < 4.78 is 2.42. The third-order valence-electron chi connectivity index (χ3n) is 5.56. The highest BCUT2D eigenvalue weighted by molar-refractivity contribution is 5.95. The highest BCUT2D eigenvalue weighted by Crippen LogP contribution is 2.32. The molecular formula is C18H29N3O. The normalized spacial score (nSPS) is 23.0. The molecule has 4 nitrogen and oxygen atoms in total. The van der Waals surface area contributed by atoms with E-state index in [1.54, 1.807) is 0 Å². The SMILES string of the molecule is Cc1cc(C(=O)N(C)C2CCNC2)c(C)n1C1CCCCC1. The molecule has 0 radical (unpaired) electrons. The average molecular weight is 303 g/mol. The second kappa shape index (κ2) is 6.45. The van der Waals surface area contributed by atoms with Crippen molar-refractivity contribution in [2.75, 3.05) is 20.1 Å². The number of aromatic nitrogens is 1. The Bertz CT molecular complexity index is 537. The fraction of sp³-hybridized carbons (Fsp3) is 0.722. The van der Waals surface area contributed by atoms with Gasteiger partial charge in [0.2, 0.25) is 0 Å². The Balaban J connectivity index is 1.83. The molecule has 122 valence electrons. The molecule has 1 atom stereocenters. The van der Waals surface area contributed by atoms with Crippen LogP contribution in [0, 0.1) is 13.8 Å². The third-order valence-corrected chi connectivity index (χ3v) is 5.56. The van der Waals surface area contributed by atoms with Gasteiger partial charge in [-0.3, -0.25) is 4.79 Å². The molecule has 0 spiro atoms. The highest BCUT2D eigenvalue weighted by atomic mass is 16.2. The number of nitrogens with zero attached hydrogens (tertiary/aromatic N) is 2. The number of carbonyl (C=O) groups is 1. The van der Waals surface area contributed by atoms with E-state index in [-0.39, 0.29) is 5.91 Å². The van der Waals surface area contributed by atoms with Gasteiger partial charge in [-0.05, 0) is 45.7 Å². The minimum atomic E-state index is 0.184. The molecule has 1 aromatic rings. The lowest BCUT2D eigenvalue weighted by Gasteiger charge is -2.27. The van der Waals surface area contributed by atoms with Crippen LogP contribution in [0.3, 0.4) is 0 Å². The third kappa shape index (κ3) is 2.81. The van der Waals surface area contributed by atoms with Gasteiger partial charge in [-0.2, -0.15) is 0 Å². The van der Waals surface area contributed by atoms with Crippen molar-refractivity contribution in [2.24, 2.45) is 0 Å². The van der Waals surface area contributed by atoms with Crippen LogP contribution >= 0.6 is 0 Å². The van der Waals surface area contributed by atoms with E-state index in [4.69, 9.17) is 0 Å². The van der Waals surface area contributed by atoms with Crippen LogP contribution in [-0.2, 0) is 0 Å². The molecule has 2 heterocycles. The van der Waals surface area contributed by atoms with Crippen LogP contribution in [0.4, 0.5) is 0 Å². The van der Waals surface area contributed by atoms with E-state index < -0.39 is 0 Å². The van der Waals surface area contributed by atoms with Gasteiger partial charge >= 0.3 is 0 Å². The summed E-state index contributed by atoms with van der Waals surface area (Å²) >= 11 is 0. The molecule has 2 fully saturated rings. The van der Waals surface area contributed by atoms with Gasteiger partial charge < -0.3 is 14.8 Å². The Hall–Kier alpha value is -1.29. The molecule has 1 N–H and O–H groups in total. The fourth-order valence-corrected chi connectivity index (χ4v) is 4.22. The molecule has 2 aliphatic rings. The number of amides is 1. The largest absolute Gasteiger partial charge is 0.345 e. The maximum absolute atomic E-state index is 12.9. The lowest BCUT2D eigenvalue weighted by molar-refractivity contribution is 0.0742. The number of hydrogen-bond acceptors (Lipinski definition) is 2. The maximum atomic E-state index is 12.9. The first-order valence-corrected chi connectivity index (χ1v) is 8.76. The van der Waals surface area contributed by atoms with E-state index in [0.29, 0.717) is 12.1 Å². The van der Waals surface area contributed by atoms with E-state index in [9.17, 15) is 4.79 Å². The molecule has 1 aliphatic heterocycles. The topological polar surface area (TPSA) is 37.3 Å². The summed E-state index contributed by atoms with van der Waals surface area (Å²) in [5, 5.41) is 3.34. The first kappa shape index (κ1) is 15.6. The Morgan fingerprint density at radius 1 is 1.23 bits per heavy atom. The quantitative estimate of drug-likeness (QED) is 0.932. The van der Waals surface area contributed by atoms with Crippen LogP contribution in [-0.4, -0.2) is 41.6 Å². The van der Waals surface area contributed by atoms with E-state index in [1.807, 2.05) is 11.9 Å². The molecule has 1 saturated heterocycles. The molecule has 1 aromatic heterocycles. The first-order chi connectivity index (χ1) is 10.6. The first-order valence-electron chi connectivity index (χ1n) is 8.76. The smallest absolute Gasteiger partial charge is 0.255 e. The van der Waals surface area contributed by atoms with E-state index in [0.717, 1.165) is 30.8 Å². The van der Waals surface area contributed by atoms with Gasteiger partial charge in [-0.1, -0.05) is 19.3 Å². The summed E-state index contributed by atoms with van der Waals surface area (Å²) in [5.74, 6) is 0.184. The van der Waals surface area contributed by atoms with Gasteiger partial charge in [-0.25, -0.2) is 0 Å². The van der Waals surface area contributed by atoms with Crippen LogP contribution in [0.25, 0.3) is 0 Å². The summed E-state index contributed by atoms with van der Waals surface area (Å²) in [6.07, 6.45) is 7.57. The monoisotopic (exact) mass is 303 g/mol. The fourth-order valence-electron chi connectivity index (χ4n) is 4.22. The van der Waals surface area contributed by atoms with Crippen molar-refractivity contribution in [3.63, 3.8) is 0 Å². The molecule has 4 heteroatoms. The molecule has 3 rings (SSSR count). The van der Waals surface area contributed by atoms with Crippen molar-refractivity contribution in [1.82, 2.24) is 14.8 Å². The van der Waals surface area contributed by atoms with Gasteiger partial charge in [0.15, 0.2) is 0 Å². The number of carbonyl (C=O) groups excluding carboxylic acids is 1. The minimum Gasteiger partial charge on any atom is -0.345 e. The van der Waals surface area contributed by atoms with Crippen LogP contribution < -0.4 is 5.32 Å². The molecule has 0 aromatic carbocycles. The van der Waals surface area contributed by atoms with Crippen LogP contribution in [0.2, 0.25) is 0 Å². The Morgan fingerprint density at radius 3 is 2.59 bits per heavy atom. The van der Waals surface area contributed by atoms with Crippen molar-refractivity contribution in [3.8, 4) is 0 Å². The number of likely N-dealkylation sites (N-methyl/N-ethyl adjacent to an activating group) is 1. The zero-order chi connectivity index (χ0) is 15.7. The van der Waals surface area contributed by atoms with E-state index in [2.05, 4.69) is 29.8 Å². The Labute approximate surface area is 133 Å². The summed E-state index contributed by atoms with van der Waals surface area (Å²) in [4.78, 5) is 14.8. The lowest BCUT2D eigenvalue weighted by atomic mass is 9.95. The minimum absolute atomic E-state index is 0.184. The number of nitrogens with one attached hydrogen (secondary N) is 1. The number of rotatable bonds is 3. The average Bonchev–Trinajstić information content (AvgIpc) is 3.15. The van der Waals surface area contributed by atoms with Gasteiger partial charge in [-0.15, -0.1) is 0 Å². The van der Waals surface area contributed by atoms with Crippen LogP contribution in [0.15, 0.2) is 6.07 Å². The molecule has 1 aliphatic carbocycles. The van der Waals surface area contributed by atoms with Crippen LogP contribution in [0.1, 0.15) is 66.3 Å². The number of hydrogen-bond donors (Lipinski definition) is 1. The zero-order valence-electron chi connectivity index (χ0n) is 14.2. The van der Waals surface area contributed by atoms with Crippen molar-refractivity contribution in [2.45, 2.75) is 64.5 Å². The summed E-state index contributed by atoms with van der Waals surface area (Å²) in [6.45, 7) is 6.21. The Kier molecular flexibility index (Phi) is 4.57. The second-order valence-electron chi connectivity index (χ2n) is 7.01. The summed E-state index contributed by atoms with van der Waals surface area (Å²) in [5.41, 5.74) is 3.30. The number of aryl methyl sites for hydroxylation is 1. The van der Waals surface area contributed by atoms with Crippen LogP contribution in [0.5, 0.6) is 0 Å². The van der Waals surface area contributed by atoms with Crippen molar-refractivity contribution >= 4 is 5.91 Å². The summed E-state index contributed by atoms with van der Waals surface area (Å²) in [7, 11) is 1.95. The van der Waals surface area contributed by atoms with Gasteiger partial charge in [0, 0.05) is 37.1 Å². The zero-order valence-corrected chi connectivity index (χ0v) is 14.2. The van der Waals surface area contributed by atoms with Gasteiger partial charge in [0.25, 0.3) is 5.91 Å². The molecule has 22 heavy (non-hydrogen) atoms. The van der Waals surface area contributed by atoms with Gasteiger partial charge in [0.05, 0.1) is 5.56 Å². The predicted octanol–water partition coefficient (Wildman–Crippen LogP) is 3.04. The lowest BCUT2D eigenvalue weighted by Crippen LogP contribution is -2.38. The predicted molar refractivity (Wildman–Crippen MR) is 89.4 cm³/mol. The second-order valence-corrected chi connectivity index (χ2v) is 7.01. The standard InChI is InChI=1S/C18H29N3O/c1-13-11-17(18(22)20(3)16-9-10-19-12-16)14(2)21(13)15-7-5-4-6-8-15/h11,15-16,19H,4-10,12H2,1-3H3. The van der Waals surface area contributed by atoms with Crippen molar-refractivity contribution < 1.29 is 4.79 Å². The molecular weight excluding hydrogens is 274 g/mol. The molecule has 1 unspecified atom stereocenters. The Morgan fingerprint density at radius 2 is 1.95 bits per heavy atom. The van der Waals surface area contributed by atoms with E-state index in [1.165, 1.54) is 37.8 Å². The van der Waals surface area contributed by atoms with E-state index >= 15 is 0 Å². The highest BCUT2D eigenvalue weighted by Gasteiger charge is 2.28. The molecule has 1 saturated carbocycles. The summed E-state index contributed by atoms with van der Waals surface area (Å²) in [6, 6.07) is 3.03. The maximum Gasteiger partial charge on any atom is 0.255 e. The molecule has 1 amide bonds. The van der Waals surface area contributed by atoms with Crippen molar-refractivity contribution in [3.05, 3.63) is 23.0 Å². The van der Waals surface area contributed by atoms with Crippen molar-refractivity contribution in [1.29, 1.82) is 0 Å². The molecule has 0 bridgehead atoms.